The third-order valence-electron chi connectivity index (χ3n) is 3.74. The number of rotatable bonds is 4. The molecule has 0 saturated heterocycles. The lowest BCUT2D eigenvalue weighted by atomic mass is 10.0. The number of carbonyl (C=O) groups excluding carboxylic acids is 1. The zero-order valence-corrected chi connectivity index (χ0v) is 15.6. The Kier molecular flexibility index (Phi) is 5.46. The van der Waals surface area contributed by atoms with Crippen LogP contribution in [0.2, 0.25) is 15.1 Å². The molecule has 2 heterocycles. The number of hydrogen-bond donors (Lipinski definition) is 1. The van der Waals surface area contributed by atoms with Gasteiger partial charge in [0.1, 0.15) is 23.4 Å². The molecule has 1 aromatic carbocycles. The van der Waals surface area contributed by atoms with Crippen molar-refractivity contribution in [1.29, 1.82) is 0 Å². The summed E-state index contributed by atoms with van der Waals surface area (Å²) in [7, 11) is 1.74. The van der Waals surface area contributed by atoms with Gasteiger partial charge in [-0.15, -0.1) is 0 Å². The molecule has 134 valence electrons. The number of nitrogens with one attached hydrogen (secondary N) is 1. The standard InChI is InChI=1S/C17H12Cl3FN4O/c1-25-7-6-22-16(25)14(9-4-2-3-5-11(9)21)24-17(26)15-13(20)12(19)10(18)8-23-15/h2-8,14H,1H3,(H,24,26). The third kappa shape index (κ3) is 3.53. The Balaban J connectivity index is 2.02. The molecule has 0 fully saturated rings. The molecule has 1 unspecified atom stereocenters. The van der Waals surface area contributed by atoms with Crippen molar-refractivity contribution in [2.24, 2.45) is 7.05 Å². The van der Waals surface area contributed by atoms with E-state index in [1.165, 1.54) is 12.3 Å². The number of aryl methyl sites for hydroxylation is 1. The summed E-state index contributed by atoms with van der Waals surface area (Å²) in [6.45, 7) is 0. The molecule has 0 radical (unpaired) electrons. The van der Waals surface area contributed by atoms with E-state index in [1.807, 2.05) is 0 Å². The summed E-state index contributed by atoms with van der Waals surface area (Å²) in [5, 5.41) is 2.78. The number of nitrogens with zero attached hydrogens (tertiary/aromatic N) is 3. The molecule has 0 spiro atoms. The van der Waals surface area contributed by atoms with Crippen LogP contribution in [0.5, 0.6) is 0 Å². The van der Waals surface area contributed by atoms with E-state index >= 15 is 0 Å². The molecule has 0 aliphatic heterocycles. The summed E-state index contributed by atoms with van der Waals surface area (Å²) in [6.07, 6.45) is 4.48. The lowest BCUT2D eigenvalue weighted by molar-refractivity contribution is 0.0936. The van der Waals surface area contributed by atoms with Crippen molar-refractivity contribution in [3.05, 3.63) is 80.8 Å². The van der Waals surface area contributed by atoms with Gasteiger partial charge in [0, 0.05) is 31.2 Å². The van der Waals surface area contributed by atoms with Gasteiger partial charge in [-0.3, -0.25) is 4.79 Å². The molecule has 3 aromatic rings. The van der Waals surface area contributed by atoms with Crippen molar-refractivity contribution in [1.82, 2.24) is 19.9 Å². The van der Waals surface area contributed by atoms with E-state index in [9.17, 15) is 9.18 Å². The van der Waals surface area contributed by atoms with Gasteiger partial charge in [-0.25, -0.2) is 14.4 Å². The smallest absolute Gasteiger partial charge is 0.272 e. The van der Waals surface area contributed by atoms with Gasteiger partial charge in [0.05, 0.1) is 15.1 Å². The topological polar surface area (TPSA) is 59.8 Å². The molecule has 0 aliphatic carbocycles. The molecule has 9 heteroatoms. The van der Waals surface area contributed by atoms with E-state index in [-0.39, 0.29) is 26.3 Å². The molecule has 3 rings (SSSR count). The molecule has 2 aromatic heterocycles. The van der Waals surface area contributed by atoms with Gasteiger partial charge < -0.3 is 9.88 Å². The largest absolute Gasteiger partial charge is 0.336 e. The lowest BCUT2D eigenvalue weighted by Crippen LogP contribution is -2.32. The summed E-state index contributed by atoms with van der Waals surface area (Å²) < 4.78 is 16.0. The van der Waals surface area contributed by atoms with Gasteiger partial charge in [-0.2, -0.15) is 0 Å². The van der Waals surface area contributed by atoms with E-state index < -0.39 is 17.8 Å². The van der Waals surface area contributed by atoms with Crippen LogP contribution in [-0.4, -0.2) is 20.4 Å². The van der Waals surface area contributed by atoms with Gasteiger partial charge in [-0.1, -0.05) is 53.0 Å². The second-order valence-corrected chi connectivity index (χ2v) is 6.57. The van der Waals surface area contributed by atoms with Crippen LogP contribution in [0.15, 0.2) is 42.9 Å². The first-order chi connectivity index (χ1) is 12.4. The summed E-state index contributed by atoms with van der Waals surface area (Å²) in [4.78, 5) is 20.9. The SMILES string of the molecule is Cn1ccnc1C(NC(=O)c1ncc(Cl)c(Cl)c1Cl)c1ccccc1F. The second kappa shape index (κ2) is 7.61. The van der Waals surface area contributed by atoms with Crippen LogP contribution < -0.4 is 5.32 Å². The van der Waals surface area contributed by atoms with Crippen molar-refractivity contribution in [2.75, 3.05) is 0 Å². The Labute approximate surface area is 163 Å². The highest BCUT2D eigenvalue weighted by Gasteiger charge is 2.26. The highest BCUT2D eigenvalue weighted by atomic mass is 35.5. The Morgan fingerprint density at radius 1 is 1.19 bits per heavy atom. The number of carbonyl (C=O) groups is 1. The minimum absolute atomic E-state index is 0.0212. The quantitative estimate of drug-likeness (QED) is 0.688. The van der Waals surface area contributed by atoms with Gasteiger partial charge >= 0.3 is 0 Å². The molecule has 0 aliphatic rings. The van der Waals surface area contributed by atoms with Crippen molar-refractivity contribution >= 4 is 40.7 Å². The first-order valence-electron chi connectivity index (χ1n) is 7.42. The molecule has 1 N–H and O–H groups in total. The Morgan fingerprint density at radius 2 is 1.92 bits per heavy atom. The predicted molar refractivity (Wildman–Crippen MR) is 98.2 cm³/mol. The van der Waals surface area contributed by atoms with Crippen molar-refractivity contribution in [3.63, 3.8) is 0 Å². The first kappa shape index (κ1) is 18.6. The summed E-state index contributed by atoms with van der Waals surface area (Å²) in [5.74, 6) is -0.668. The molecule has 0 bridgehead atoms. The number of benzene rings is 1. The fourth-order valence-electron chi connectivity index (χ4n) is 2.45. The number of hydrogen-bond acceptors (Lipinski definition) is 3. The van der Waals surface area contributed by atoms with E-state index in [1.54, 1.807) is 42.2 Å². The number of halogens is 4. The minimum Gasteiger partial charge on any atom is -0.336 e. The number of amides is 1. The Morgan fingerprint density at radius 3 is 2.58 bits per heavy atom. The van der Waals surface area contributed by atoms with Crippen LogP contribution in [0.1, 0.15) is 27.9 Å². The van der Waals surface area contributed by atoms with E-state index in [2.05, 4.69) is 15.3 Å². The Hall–Kier alpha value is -2.15. The minimum atomic E-state index is -0.851. The maximum atomic E-state index is 14.3. The number of imidazole rings is 1. The van der Waals surface area contributed by atoms with Crippen LogP contribution in [0.3, 0.4) is 0 Å². The fraction of sp³-hybridized carbons (Fsp3) is 0.118. The molecule has 5 nitrogen and oxygen atoms in total. The molecule has 0 saturated carbocycles. The third-order valence-corrected chi connectivity index (χ3v) is 4.98. The number of aromatic nitrogens is 3. The van der Waals surface area contributed by atoms with E-state index in [0.717, 1.165) is 0 Å². The van der Waals surface area contributed by atoms with Crippen LogP contribution in [0, 0.1) is 5.82 Å². The summed E-state index contributed by atoms with van der Waals surface area (Å²) >= 11 is 17.9. The van der Waals surface area contributed by atoms with Gasteiger partial charge in [0.25, 0.3) is 5.91 Å². The monoisotopic (exact) mass is 412 g/mol. The zero-order chi connectivity index (χ0) is 18.8. The van der Waals surface area contributed by atoms with Crippen molar-refractivity contribution in [2.45, 2.75) is 6.04 Å². The van der Waals surface area contributed by atoms with Crippen LogP contribution in [0.25, 0.3) is 0 Å². The van der Waals surface area contributed by atoms with Gasteiger partial charge in [-0.05, 0) is 6.07 Å². The zero-order valence-electron chi connectivity index (χ0n) is 13.4. The normalized spacial score (nSPS) is 12.0. The number of pyridine rings is 1. The second-order valence-electron chi connectivity index (χ2n) is 5.41. The first-order valence-corrected chi connectivity index (χ1v) is 8.55. The van der Waals surface area contributed by atoms with Crippen LogP contribution >= 0.6 is 34.8 Å². The Bertz CT molecular complexity index is 976. The molecular formula is C17H12Cl3FN4O. The fourth-order valence-corrected chi connectivity index (χ4v) is 3.01. The van der Waals surface area contributed by atoms with E-state index in [0.29, 0.717) is 5.82 Å². The van der Waals surface area contributed by atoms with E-state index in [4.69, 9.17) is 34.8 Å². The molecule has 1 amide bonds. The van der Waals surface area contributed by atoms with Crippen LogP contribution in [-0.2, 0) is 7.05 Å². The average molecular weight is 414 g/mol. The predicted octanol–water partition coefficient (Wildman–Crippen LogP) is 4.43. The molecule has 1 atom stereocenters. The summed E-state index contributed by atoms with van der Waals surface area (Å²) in [5.41, 5.74) is 0.142. The lowest BCUT2D eigenvalue weighted by Gasteiger charge is -2.20. The average Bonchev–Trinajstić information content (AvgIpc) is 3.04. The van der Waals surface area contributed by atoms with Crippen LogP contribution in [0.4, 0.5) is 4.39 Å². The van der Waals surface area contributed by atoms with Gasteiger partial charge in [0.2, 0.25) is 0 Å². The van der Waals surface area contributed by atoms with Crippen molar-refractivity contribution < 1.29 is 9.18 Å². The molecular weight excluding hydrogens is 402 g/mol. The maximum absolute atomic E-state index is 14.3. The maximum Gasteiger partial charge on any atom is 0.272 e. The van der Waals surface area contributed by atoms with Gasteiger partial charge in [0.15, 0.2) is 0 Å². The highest BCUT2D eigenvalue weighted by Crippen LogP contribution is 2.32. The van der Waals surface area contributed by atoms with Crippen molar-refractivity contribution in [3.8, 4) is 0 Å². The highest BCUT2D eigenvalue weighted by molar-refractivity contribution is 6.48. The summed E-state index contributed by atoms with van der Waals surface area (Å²) in [6, 6.07) is 5.26. The molecule has 26 heavy (non-hydrogen) atoms.